The highest BCUT2D eigenvalue weighted by Gasteiger charge is 2.29. The summed E-state index contributed by atoms with van der Waals surface area (Å²) in [4.78, 5) is 23.8. The first kappa shape index (κ1) is 12.0. The zero-order valence-electron chi connectivity index (χ0n) is 9.19. The molecule has 5 nitrogen and oxygen atoms in total. The monoisotopic (exact) mass is 214 g/mol. The molecule has 1 aliphatic rings. The lowest BCUT2D eigenvalue weighted by Crippen LogP contribution is -2.46. The summed E-state index contributed by atoms with van der Waals surface area (Å²) in [5.74, 6) is -0.573. The van der Waals surface area contributed by atoms with E-state index in [1.807, 2.05) is 0 Å². The van der Waals surface area contributed by atoms with E-state index in [2.05, 4.69) is 5.32 Å². The number of aliphatic carboxylic acids is 1. The highest BCUT2D eigenvalue weighted by molar-refractivity contribution is 5.85. The molecule has 1 aliphatic carbocycles. The van der Waals surface area contributed by atoms with Gasteiger partial charge in [-0.05, 0) is 32.7 Å². The lowest BCUT2D eigenvalue weighted by Gasteiger charge is -2.23. The molecule has 2 N–H and O–H groups in total. The minimum absolute atomic E-state index is 0.133. The van der Waals surface area contributed by atoms with Crippen LogP contribution < -0.4 is 5.32 Å². The van der Waals surface area contributed by atoms with E-state index in [-0.39, 0.29) is 18.5 Å². The van der Waals surface area contributed by atoms with Crippen LogP contribution in [-0.4, -0.2) is 48.1 Å². The Morgan fingerprint density at radius 2 is 2.13 bits per heavy atom. The molecule has 0 aromatic carbocycles. The maximum Gasteiger partial charge on any atom is 0.323 e. The van der Waals surface area contributed by atoms with Crippen molar-refractivity contribution >= 4 is 11.9 Å². The summed E-state index contributed by atoms with van der Waals surface area (Å²) in [6.07, 6.45) is 2.22. The van der Waals surface area contributed by atoms with E-state index in [0.29, 0.717) is 12.5 Å². The van der Waals surface area contributed by atoms with Gasteiger partial charge in [0, 0.05) is 6.54 Å². The Morgan fingerprint density at radius 1 is 1.53 bits per heavy atom. The zero-order valence-corrected chi connectivity index (χ0v) is 9.19. The molecule has 0 spiro atoms. The first-order valence-electron chi connectivity index (χ1n) is 5.22. The largest absolute Gasteiger partial charge is 0.480 e. The first-order valence-corrected chi connectivity index (χ1v) is 5.22. The smallest absolute Gasteiger partial charge is 0.323 e. The summed E-state index contributed by atoms with van der Waals surface area (Å²) in [6.45, 7) is 2.13. The molecule has 0 aliphatic heterocycles. The Morgan fingerprint density at radius 3 is 2.53 bits per heavy atom. The van der Waals surface area contributed by atoms with Crippen LogP contribution in [0.25, 0.3) is 0 Å². The number of amides is 1. The average molecular weight is 214 g/mol. The molecular weight excluding hydrogens is 196 g/mol. The summed E-state index contributed by atoms with van der Waals surface area (Å²) in [5, 5.41) is 11.5. The Hall–Kier alpha value is -1.10. The fourth-order valence-corrected chi connectivity index (χ4v) is 1.41. The van der Waals surface area contributed by atoms with Crippen molar-refractivity contribution in [2.75, 3.05) is 20.1 Å². The number of hydrogen-bond donors (Lipinski definition) is 2. The zero-order chi connectivity index (χ0) is 11.4. The van der Waals surface area contributed by atoms with Crippen LogP contribution in [0.1, 0.15) is 19.8 Å². The van der Waals surface area contributed by atoms with Crippen LogP contribution in [0.5, 0.6) is 0 Å². The van der Waals surface area contributed by atoms with E-state index in [9.17, 15) is 9.59 Å². The van der Waals surface area contributed by atoms with Crippen LogP contribution >= 0.6 is 0 Å². The third-order valence-corrected chi connectivity index (χ3v) is 2.62. The van der Waals surface area contributed by atoms with Gasteiger partial charge in [0.1, 0.15) is 6.54 Å². The standard InChI is InChI=1S/C10H18N2O3/c1-7(11-2)10(15)12(6-9(13)14)5-8-3-4-8/h7-8,11H,3-6H2,1-2H3,(H,13,14). The fourth-order valence-electron chi connectivity index (χ4n) is 1.41. The van der Waals surface area contributed by atoms with Gasteiger partial charge in [0.15, 0.2) is 0 Å². The maximum atomic E-state index is 11.8. The van der Waals surface area contributed by atoms with Gasteiger partial charge in [-0.1, -0.05) is 0 Å². The lowest BCUT2D eigenvalue weighted by molar-refractivity contribution is -0.145. The SMILES string of the molecule is CNC(C)C(=O)N(CC(=O)O)CC1CC1. The van der Waals surface area contributed by atoms with Crippen molar-refractivity contribution in [3.8, 4) is 0 Å². The van der Waals surface area contributed by atoms with Crippen molar-refractivity contribution in [1.82, 2.24) is 10.2 Å². The fraction of sp³-hybridized carbons (Fsp3) is 0.800. The second-order valence-electron chi connectivity index (χ2n) is 4.07. The number of carboxylic acid groups (broad SMARTS) is 1. The number of nitrogens with zero attached hydrogens (tertiary/aromatic N) is 1. The molecule has 0 radical (unpaired) electrons. The van der Waals surface area contributed by atoms with Crippen molar-refractivity contribution in [2.24, 2.45) is 5.92 Å². The van der Waals surface area contributed by atoms with Crippen LogP contribution in [0.2, 0.25) is 0 Å². The van der Waals surface area contributed by atoms with Gasteiger partial charge in [-0.15, -0.1) is 0 Å². The van der Waals surface area contributed by atoms with Gasteiger partial charge in [-0.25, -0.2) is 0 Å². The number of carboxylic acids is 1. The van der Waals surface area contributed by atoms with Gasteiger partial charge in [0.05, 0.1) is 6.04 Å². The van der Waals surface area contributed by atoms with Crippen molar-refractivity contribution in [3.63, 3.8) is 0 Å². The molecular formula is C10H18N2O3. The topological polar surface area (TPSA) is 69.6 Å². The van der Waals surface area contributed by atoms with Crippen molar-refractivity contribution in [1.29, 1.82) is 0 Å². The highest BCUT2D eigenvalue weighted by Crippen LogP contribution is 2.29. The molecule has 5 heteroatoms. The van der Waals surface area contributed by atoms with Crippen molar-refractivity contribution < 1.29 is 14.7 Å². The molecule has 1 rings (SSSR count). The predicted octanol–water partition coefficient (Wildman–Crippen LogP) is -0.0825. The predicted molar refractivity (Wildman–Crippen MR) is 55.5 cm³/mol. The molecule has 1 unspecified atom stereocenters. The van der Waals surface area contributed by atoms with Gasteiger partial charge >= 0.3 is 5.97 Å². The molecule has 1 saturated carbocycles. The van der Waals surface area contributed by atoms with Gasteiger partial charge < -0.3 is 15.3 Å². The molecule has 0 bridgehead atoms. The lowest BCUT2D eigenvalue weighted by atomic mass is 10.2. The number of carbonyl (C=O) groups excluding carboxylic acids is 1. The normalized spacial score (nSPS) is 17.2. The highest BCUT2D eigenvalue weighted by atomic mass is 16.4. The molecule has 1 amide bonds. The second kappa shape index (κ2) is 5.11. The molecule has 0 aromatic rings. The van der Waals surface area contributed by atoms with Crippen LogP contribution in [-0.2, 0) is 9.59 Å². The van der Waals surface area contributed by atoms with E-state index < -0.39 is 5.97 Å². The molecule has 15 heavy (non-hydrogen) atoms. The molecule has 1 atom stereocenters. The van der Waals surface area contributed by atoms with E-state index in [0.717, 1.165) is 12.8 Å². The third-order valence-electron chi connectivity index (χ3n) is 2.62. The summed E-state index contributed by atoms with van der Waals surface area (Å²) in [6, 6.07) is -0.317. The van der Waals surface area contributed by atoms with Crippen molar-refractivity contribution in [2.45, 2.75) is 25.8 Å². The summed E-state index contributed by atoms with van der Waals surface area (Å²) in [7, 11) is 1.69. The van der Waals surface area contributed by atoms with E-state index in [1.165, 1.54) is 4.90 Å². The molecule has 0 heterocycles. The summed E-state index contributed by atoms with van der Waals surface area (Å²) < 4.78 is 0. The number of nitrogens with one attached hydrogen (secondary N) is 1. The Bertz CT molecular complexity index is 251. The quantitative estimate of drug-likeness (QED) is 0.648. The Kier molecular flexibility index (Phi) is 4.08. The van der Waals surface area contributed by atoms with Crippen LogP contribution in [0, 0.1) is 5.92 Å². The number of rotatable bonds is 6. The number of carbonyl (C=O) groups is 2. The number of hydrogen-bond acceptors (Lipinski definition) is 3. The van der Waals surface area contributed by atoms with E-state index in [1.54, 1.807) is 14.0 Å². The van der Waals surface area contributed by atoms with Crippen LogP contribution in [0.4, 0.5) is 0 Å². The minimum atomic E-state index is -0.952. The molecule has 1 fully saturated rings. The Labute approximate surface area is 89.4 Å². The van der Waals surface area contributed by atoms with Gasteiger partial charge in [-0.3, -0.25) is 9.59 Å². The van der Waals surface area contributed by atoms with Crippen LogP contribution in [0.3, 0.4) is 0 Å². The second-order valence-corrected chi connectivity index (χ2v) is 4.07. The van der Waals surface area contributed by atoms with Gasteiger partial charge in [0.25, 0.3) is 0 Å². The van der Waals surface area contributed by atoms with E-state index in [4.69, 9.17) is 5.11 Å². The third kappa shape index (κ3) is 3.87. The molecule has 0 saturated heterocycles. The van der Waals surface area contributed by atoms with Crippen molar-refractivity contribution in [3.05, 3.63) is 0 Å². The average Bonchev–Trinajstić information content (AvgIpc) is 2.97. The minimum Gasteiger partial charge on any atom is -0.480 e. The van der Waals surface area contributed by atoms with Gasteiger partial charge in [-0.2, -0.15) is 0 Å². The van der Waals surface area contributed by atoms with Crippen LogP contribution in [0.15, 0.2) is 0 Å². The maximum absolute atomic E-state index is 11.8. The first-order chi connectivity index (χ1) is 7.04. The summed E-state index contributed by atoms with van der Waals surface area (Å²) in [5.41, 5.74) is 0. The van der Waals surface area contributed by atoms with E-state index >= 15 is 0 Å². The number of likely N-dealkylation sites (N-methyl/N-ethyl adjacent to an activating group) is 1. The Balaban J connectivity index is 2.52. The molecule has 86 valence electrons. The summed E-state index contributed by atoms with van der Waals surface area (Å²) >= 11 is 0. The van der Waals surface area contributed by atoms with Gasteiger partial charge in [0.2, 0.25) is 5.91 Å². The molecule has 0 aromatic heterocycles.